The summed E-state index contributed by atoms with van der Waals surface area (Å²) in [6, 6.07) is 16.8. The number of fused-ring (bicyclic) bond motifs is 3. The van der Waals surface area contributed by atoms with Crippen LogP contribution in [0.3, 0.4) is 0 Å². The van der Waals surface area contributed by atoms with Crippen LogP contribution in [0, 0.1) is 5.82 Å². The average molecular weight is 308 g/mol. The van der Waals surface area contributed by atoms with Gasteiger partial charge in [0.2, 0.25) is 0 Å². The van der Waals surface area contributed by atoms with Gasteiger partial charge in [-0.05, 0) is 59.5 Å². The number of hydrogen-bond acceptors (Lipinski definition) is 2. The maximum atomic E-state index is 13.1. The smallest absolute Gasteiger partial charge is 0.124 e. The van der Waals surface area contributed by atoms with Crippen molar-refractivity contribution in [2.24, 2.45) is 0 Å². The molecule has 1 aliphatic heterocycles. The number of ether oxygens (including phenoxy) is 2. The van der Waals surface area contributed by atoms with E-state index in [9.17, 15) is 4.39 Å². The minimum absolute atomic E-state index is 0.0221. The molecule has 1 heterocycles. The van der Waals surface area contributed by atoms with Crippen molar-refractivity contribution in [3.8, 4) is 11.5 Å². The molecule has 3 aromatic carbocycles. The quantitative estimate of drug-likeness (QED) is 0.659. The number of rotatable bonds is 2. The molecule has 0 amide bonds. The Morgan fingerprint density at radius 2 is 1.83 bits per heavy atom. The third-order valence-corrected chi connectivity index (χ3v) is 4.46. The Morgan fingerprint density at radius 1 is 1.04 bits per heavy atom. The van der Waals surface area contributed by atoms with E-state index in [-0.39, 0.29) is 11.9 Å². The molecular weight excluding hydrogens is 291 g/mol. The molecule has 0 saturated heterocycles. The van der Waals surface area contributed by atoms with Crippen molar-refractivity contribution >= 4 is 10.8 Å². The first kappa shape index (κ1) is 14.1. The number of halogens is 1. The highest BCUT2D eigenvalue weighted by Gasteiger charge is 2.23. The molecule has 0 saturated carbocycles. The molecule has 2 nitrogen and oxygen atoms in total. The number of aryl methyl sites for hydroxylation is 1. The van der Waals surface area contributed by atoms with Gasteiger partial charge in [0.05, 0.1) is 7.11 Å². The molecule has 0 spiro atoms. The van der Waals surface area contributed by atoms with Crippen LogP contribution in [0.4, 0.5) is 4.39 Å². The van der Waals surface area contributed by atoms with Gasteiger partial charge in [-0.1, -0.05) is 24.3 Å². The van der Waals surface area contributed by atoms with Crippen molar-refractivity contribution in [3.05, 3.63) is 71.5 Å². The van der Waals surface area contributed by atoms with Crippen molar-refractivity contribution in [2.45, 2.75) is 18.9 Å². The Bertz CT molecular complexity index is 855. The fourth-order valence-corrected chi connectivity index (χ4v) is 3.24. The Morgan fingerprint density at radius 3 is 2.61 bits per heavy atom. The van der Waals surface area contributed by atoms with E-state index >= 15 is 0 Å². The molecule has 4 rings (SSSR count). The zero-order valence-electron chi connectivity index (χ0n) is 12.9. The van der Waals surface area contributed by atoms with Gasteiger partial charge in [-0.2, -0.15) is 0 Å². The van der Waals surface area contributed by atoms with Crippen LogP contribution in [-0.4, -0.2) is 7.11 Å². The van der Waals surface area contributed by atoms with Gasteiger partial charge in [0.15, 0.2) is 0 Å². The van der Waals surface area contributed by atoms with Gasteiger partial charge >= 0.3 is 0 Å². The molecule has 0 aliphatic carbocycles. The average Bonchev–Trinajstić information content (AvgIpc) is 2.61. The SMILES string of the molecule is COc1ccc2ccc3c(c2c1)CCC(c1ccc(F)cc1)O3. The van der Waals surface area contributed by atoms with Gasteiger partial charge in [0.25, 0.3) is 0 Å². The normalized spacial score (nSPS) is 16.7. The third-order valence-electron chi connectivity index (χ3n) is 4.46. The molecule has 0 bridgehead atoms. The minimum atomic E-state index is -0.219. The molecule has 0 radical (unpaired) electrons. The number of methoxy groups -OCH3 is 1. The lowest BCUT2D eigenvalue weighted by atomic mass is 9.93. The molecule has 1 unspecified atom stereocenters. The summed E-state index contributed by atoms with van der Waals surface area (Å²) in [6.07, 6.45) is 1.79. The molecule has 1 atom stereocenters. The van der Waals surface area contributed by atoms with Crippen LogP contribution in [0.1, 0.15) is 23.7 Å². The minimum Gasteiger partial charge on any atom is -0.497 e. The van der Waals surface area contributed by atoms with Crippen molar-refractivity contribution in [3.63, 3.8) is 0 Å². The van der Waals surface area contributed by atoms with Crippen molar-refractivity contribution in [1.29, 1.82) is 0 Å². The fraction of sp³-hybridized carbons (Fsp3) is 0.200. The van der Waals surface area contributed by atoms with Gasteiger partial charge in [0.1, 0.15) is 23.4 Å². The molecule has 0 fully saturated rings. The molecule has 116 valence electrons. The highest BCUT2D eigenvalue weighted by molar-refractivity contribution is 5.89. The molecule has 23 heavy (non-hydrogen) atoms. The van der Waals surface area contributed by atoms with Crippen molar-refractivity contribution < 1.29 is 13.9 Å². The fourth-order valence-electron chi connectivity index (χ4n) is 3.24. The first-order chi connectivity index (χ1) is 11.2. The van der Waals surface area contributed by atoms with E-state index in [0.29, 0.717) is 0 Å². The van der Waals surface area contributed by atoms with E-state index in [1.807, 2.05) is 12.1 Å². The lowest BCUT2D eigenvalue weighted by molar-refractivity contribution is 0.177. The summed E-state index contributed by atoms with van der Waals surface area (Å²) in [7, 11) is 1.68. The van der Waals surface area contributed by atoms with Gasteiger partial charge in [-0.25, -0.2) is 4.39 Å². The summed E-state index contributed by atoms with van der Waals surface area (Å²) < 4.78 is 24.6. The molecule has 3 aromatic rings. The number of hydrogen-bond donors (Lipinski definition) is 0. The lowest BCUT2D eigenvalue weighted by Gasteiger charge is -2.27. The summed E-state index contributed by atoms with van der Waals surface area (Å²) in [6.45, 7) is 0. The van der Waals surface area contributed by atoms with E-state index < -0.39 is 0 Å². The molecule has 0 N–H and O–H groups in total. The van der Waals surface area contributed by atoms with Crippen LogP contribution in [0.2, 0.25) is 0 Å². The Balaban J connectivity index is 1.72. The first-order valence-electron chi connectivity index (χ1n) is 7.76. The van der Waals surface area contributed by atoms with Crippen LogP contribution >= 0.6 is 0 Å². The summed E-state index contributed by atoms with van der Waals surface area (Å²) >= 11 is 0. The monoisotopic (exact) mass is 308 g/mol. The predicted octanol–water partition coefficient (Wildman–Crippen LogP) is 5.05. The van der Waals surface area contributed by atoms with E-state index in [4.69, 9.17) is 9.47 Å². The predicted molar refractivity (Wildman–Crippen MR) is 88.6 cm³/mol. The maximum Gasteiger partial charge on any atom is 0.124 e. The highest BCUT2D eigenvalue weighted by Crippen LogP contribution is 2.39. The van der Waals surface area contributed by atoms with E-state index in [1.165, 1.54) is 28.5 Å². The largest absolute Gasteiger partial charge is 0.497 e. The lowest BCUT2D eigenvalue weighted by Crippen LogP contribution is -2.15. The summed E-state index contributed by atoms with van der Waals surface area (Å²) in [5.74, 6) is 1.54. The maximum absolute atomic E-state index is 13.1. The van der Waals surface area contributed by atoms with Crippen molar-refractivity contribution in [2.75, 3.05) is 7.11 Å². The van der Waals surface area contributed by atoms with Crippen LogP contribution < -0.4 is 9.47 Å². The van der Waals surface area contributed by atoms with Gasteiger partial charge in [0, 0.05) is 5.56 Å². The van der Waals surface area contributed by atoms with E-state index in [1.54, 1.807) is 19.2 Å². The third kappa shape index (κ3) is 2.52. The van der Waals surface area contributed by atoms with Crippen LogP contribution in [0.5, 0.6) is 11.5 Å². The Labute approximate surface area is 134 Å². The van der Waals surface area contributed by atoms with Gasteiger partial charge < -0.3 is 9.47 Å². The van der Waals surface area contributed by atoms with Crippen molar-refractivity contribution in [1.82, 2.24) is 0 Å². The second-order valence-electron chi connectivity index (χ2n) is 5.83. The highest BCUT2D eigenvalue weighted by atomic mass is 19.1. The van der Waals surface area contributed by atoms with Gasteiger partial charge in [-0.15, -0.1) is 0 Å². The second kappa shape index (κ2) is 5.58. The van der Waals surface area contributed by atoms with E-state index in [0.717, 1.165) is 29.9 Å². The summed E-state index contributed by atoms with van der Waals surface area (Å²) in [5.41, 5.74) is 2.24. The first-order valence-corrected chi connectivity index (χ1v) is 7.76. The standard InChI is InChI=1S/C20H17FO2/c1-22-16-8-4-13-5-10-20-17(18(13)12-16)9-11-19(23-20)14-2-6-15(21)7-3-14/h2-8,10,12,19H,9,11H2,1H3. The zero-order valence-corrected chi connectivity index (χ0v) is 12.9. The van der Waals surface area contributed by atoms with Crippen LogP contribution in [0.15, 0.2) is 54.6 Å². The molecule has 1 aliphatic rings. The Hall–Kier alpha value is -2.55. The summed E-state index contributed by atoms with van der Waals surface area (Å²) in [5, 5.41) is 2.37. The van der Waals surface area contributed by atoms with Crippen LogP contribution in [-0.2, 0) is 6.42 Å². The second-order valence-corrected chi connectivity index (χ2v) is 5.83. The Kier molecular flexibility index (Phi) is 3.41. The van der Waals surface area contributed by atoms with Crippen LogP contribution in [0.25, 0.3) is 10.8 Å². The molecule has 0 aromatic heterocycles. The summed E-state index contributed by atoms with van der Waals surface area (Å²) in [4.78, 5) is 0. The van der Waals surface area contributed by atoms with Gasteiger partial charge in [-0.3, -0.25) is 0 Å². The topological polar surface area (TPSA) is 18.5 Å². The number of benzene rings is 3. The molecular formula is C20H17FO2. The van der Waals surface area contributed by atoms with E-state index in [2.05, 4.69) is 18.2 Å². The molecule has 3 heteroatoms. The zero-order chi connectivity index (χ0) is 15.8.